The maximum absolute atomic E-state index is 12.7. The first-order chi connectivity index (χ1) is 11.3. The number of nitro benzene ring substituents is 1. The van der Waals surface area contributed by atoms with E-state index in [9.17, 15) is 23.3 Å². The van der Waals surface area contributed by atoms with Crippen molar-refractivity contribution in [1.82, 2.24) is 0 Å². The molecule has 128 valence electrons. The highest BCUT2D eigenvalue weighted by Gasteiger charge is 2.33. The molecule has 0 aliphatic rings. The van der Waals surface area contributed by atoms with E-state index in [4.69, 9.17) is 14.6 Å². The summed E-state index contributed by atoms with van der Waals surface area (Å²) in [5.41, 5.74) is -1.46. The van der Waals surface area contributed by atoms with Gasteiger partial charge in [0.05, 0.1) is 24.2 Å². The number of hydrogen-bond donors (Lipinski definition) is 1. The van der Waals surface area contributed by atoms with Gasteiger partial charge in [0, 0.05) is 6.07 Å². The van der Waals surface area contributed by atoms with E-state index in [0.29, 0.717) is 17.7 Å². The number of nitro groups is 1. The maximum atomic E-state index is 12.7. The van der Waals surface area contributed by atoms with E-state index in [1.807, 2.05) is 0 Å². The quantitative estimate of drug-likeness (QED) is 0.657. The predicted octanol–water partition coefficient (Wildman–Crippen LogP) is 3.91. The fourth-order valence-corrected chi connectivity index (χ4v) is 1.94. The average molecular weight is 343 g/mol. The van der Waals surface area contributed by atoms with Crippen LogP contribution in [0.25, 0.3) is 0 Å². The lowest BCUT2D eigenvalue weighted by Gasteiger charge is -2.13. The number of alkyl halides is 3. The van der Waals surface area contributed by atoms with Crippen LogP contribution in [0.2, 0.25) is 0 Å². The van der Waals surface area contributed by atoms with Gasteiger partial charge in [-0.15, -0.1) is 0 Å². The van der Waals surface area contributed by atoms with Gasteiger partial charge in [-0.1, -0.05) is 6.07 Å². The maximum Gasteiger partial charge on any atom is 0.416 e. The van der Waals surface area contributed by atoms with Crippen LogP contribution in [-0.4, -0.2) is 17.1 Å². The Morgan fingerprint density at radius 2 is 1.79 bits per heavy atom. The van der Waals surface area contributed by atoms with Crippen molar-refractivity contribution < 1.29 is 32.7 Å². The molecule has 0 aromatic heterocycles. The molecule has 2 aromatic rings. The van der Waals surface area contributed by atoms with Crippen molar-refractivity contribution in [2.45, 2.75) is 12.8 Å². The lowest BCUT2D eigenvalue weighted by molar-refractivity contribution is -0.385. The molecule has 2 rings (SSSR count). The Kier molecular flexibility index (Phi) is 4.93. The minimum Gasteiger partial charge on any atom is -0.493 e. The number of aliphatic hydroxyl groups is 1. The number of nitrogens with zero attached hydrogens (tertiary/aromatic N) is 1. The fraction of sp³-hybridized carbons (Fsp3) is 0.200. The third kappa shape index (κ3) is 3.74. The first-order valence-electron chi connectivity index (χ1n) is 6.57. The van der Waals surface area contributed by atoms with Crippen molar-refractivity contribution in [2.24, 2.45) is 0 Å². The highest BCUT2D eigenvalue weighted by molar-refractivity contribution is 5.53. The van der Waals surface area contributed by atoms with Gasteiger partial charge < -0.3 is 14.6 Å². The Balaban J connectivity index is 2.45. The molecule has 6 nitrogen and oxygen atoms in total. The Morgan fingerprint density at radius 3 is 2.33 bits per heavy atom. The molecule has 0 atom stereocenters. The molecule has 0 unspecified atom stereocenters. The van der Waals surface area contributed by atoms with Gasteiger partial charge in [0.1, 0.15) is 0 Å². The van der Waals surface area contributed by atoms with E-state index in [1.54, 1.807) is 0 Å². The minimum absolute atomic E-state index is 0.0672. The average Bonchev–Trinajstić information content (AvgIpc) is 2.54. The van der Waals surface area contributed by atoms with Crippen LogP contribution in [0.5, 0.6) is 17.2 Å². The molecule has 0 saturated heterocycles. The molecule has 9 heteroatoms. The largest absolute Gasteiger partial charge is 0.493 e. The van der Waals surface area contributed by atoms with Crippen LogP contribution in [0.4, 0.5) is 18.9 Å². The highest BCUT2D eigenvalue weighted by atomic mass is 19.4. The van der Waals surface area contributed by atoms with Gasteiger partial charge in [-0.05, 0) is 29.8 Å². The Morgan fingerprint density at radius 1 is 1.12 bits per heavy atom. The number of halogens is 3. The van der Waals surface area contributed by atoms with Gasteiger partial charge in [0.15, 0.2) is 11.5 Å². The number of ether oxygens (including phenoxy) is 2. The summed E-state index contributed by atoms with van der Waals surface area (Å²) in [5, 5.41) is 20.1. The number of aliphatic hydroxyl groups excluding tert-OH is 1. The zero-order valence-corrected chi connectivity index (χ0v) is 12.3. The lowest BCUT2D eigenvalue weighted by atomic mass is 10.1. The molecule has 2 aromatic carbocycles. The van der Waals surface area contributed by atoms with Gasteiger partial charge >= 0.3 is 11.9 Å². The van der Waals surface area contributed by atoms with Crippen LogP contribution in [0.15, 0.2) is 36.4 Å². The van der Waals surface area contributed by atoms with Gasteiger partial charge in [-0.25, -0.2) is 0 Å². The number of rotatable bonds is 5. The van der Waals surface area contributed by atoms with Crippen LogP contribution in [0.1, 0.15) is 11.1 Å². The SMILES string of the molecule is COc1cc(CO)ccc1Oc1ccc(C(F)(F)F)cc1[N+](=O)[O-]. The molecule has 1 N–H and O–H groups in total. The van der Waals surface area contributed by atoms with Crippen molar-refractivity contribution in [3.05, 3.63) is 57.6 Å². The van der Waals surface area contributed by atoms with Gasteiger partial charge in [-0.3, -0.25) is 10.1 Å². The predicted molar refractivity (Wildman–Crippen MR) is 77.1 cm³/mol. The summed E-state index contributed by atoms with van der Waals surface area (Å²) in [6.07, 6.45) is -4.70. The van der Waals surface area contributed by atoms with E-state index in [-0.39, 0.29) is 23.9 Å². The molecule has 0 heterocycles. The third-order valence-electron chi connectivity index (χ3n) is 3.11. The molecule has 0 spiro atoms. The monoisotopic (exact) mass is 343 g/mol. The smallest absolute Gasteiger partial charge is 0.416 e. The third-order valence-corrected chi connectivity index (χ3v) is 3.11. The summed E-state index contributed by atoms with van der Waals surface area (Å²) in [4.78, 5) is 10.1. The molecular formula is C15H12F3NO5. The number of methoxy groups -OCH3 is 1. The summed E-state index contributed by atoms with van der Waals surface area (Å²) < 4.78 is 48.5. The van der Waals surface area contributed by atoms with Crippen molar-refractivity contribution in [3.8, 4) is 17.2 Å². The zero-order chi connectivity index (χ0) is 17.9. The lowest BCUT2D eigenvalue weighted by Crippen LogP contribution is -2.06. The number of benzene rings is 2. The summed E-state index contributed by atoms with van der Waals surface area (Å²) in [6, 6.07) is 6.31. The van der Waals surface area contributed by atoms with Crippen LogP contribution in [0, 0.1) is 10.1 Å². The molecule has 0 aliphatic carbocycles. The van der Waals surface area contributed by atoms with E-state index < -0.39 is 22.4 Å². The summed E-state index contributed by atoms with van der Waals surface area (Å²) in [6.45, 7) is -0.253. The summed E-state index contributed by atoms with van der Waals surface area (Å²) >= 11 is 0. The van der Waals surface area contributed by atoms with E-state index in [1.165, 1.54) is 25.3 Å². The van der Waals surface area contributed by atoms with Gasteiger partial charge in [0.2, 0.25) is 5.75 Å². The van der Waals surface area contributed by atoms with Crippen molar-refractivity contribution >= 4 is 5.69 Å². The Labute approximate surface area is 134 Å². The highest BCUT2D eigenvalue weighted by Crippen LogP contribution is 2.40. The standard InChI is InChI=1S/C15H12F3NO5/c1-23-14-6-9(8-20)2-4-13(14)24-12-5-3-10(15(16,17)18)7-11(12)19(21)22/h2-7,20H,8H2,1H3. The topological polar surface area (TPSA) is 81.8 Å². The molecule has 0 radical (unpaired) electrons. The second kappa shape index (κ2) is 6.75. The van der Waals surface area contributed by atoms with Crippen molar-refractivity contribution in [3.63, 3.8) is 0 Å². The van der Waals surface area contributed by atoms with Crippen molar-refractivity contribution in [1.29, 1.82) is 0 Å². The second-order valence-electron chi connectivity index (χ2n) is 4.68. The number of hydrogen-bond acceptors (Lipinski definition) is 5. The molecule has 24 heavy (non-hydrogen) atoms. The first-order valence-corrected chi connectivity index (χ1v) is 6.57. The Bertz CT molecular complexity index is 761. The molecule has 0 aliphatic heterocycles. The zero-order valence-electron chi connectivity index (χ0n) is 12.3. The second-order valence-corrected chi connectivity index (χ2v) is 4.68. The van der Waals surface area contributed by atoms with E-state index in [2.05, 4.69) is 0 Å². The molecular weight excluding hydrogens is 331 g/mol. The van der Waals surface area contributed by atoms with Crippen molar-refractivity contribution in [2.75, 3.05) is 7.11 Å². The van der Waals surface area contributed by atoms with E-state index >= 15 is 0 Å². The van der Waals surface area contributed by atoms with E-state index in [0.717, 1.165) is 6.07 Å². The van der Waals surface area contributed by atoms with Crippen LogP contribution in [0.3, 0.4) is 0 Å². The fourth-order valence-electron chi connectivity index (χ4n) is 1.94. The molecule has 0 saturated carbocycles. The Hall–Kier alpha value is -2.81. The van der Waals surface area contributed by atoms with Gasteiger partial charge in [-0.2, -0.15) is 13.2 Å². The molecule has 0 bridgehead atoms. The van der Waals surface area contributed by atoms with Crippen LogP contribution >= 0.6 is 0 Å². The minimum atomic E-state index is -4.70. The van der Waals surface area contributed by atoms with Crippen LogP contribution < -0.4 is 9.47 Å². The molecule has 0 amide bonds. The summed E-state index contributed by atoms with van der Waals surface area (Å²) in [5.74, 6) is -0.114. The summed E-state index contributed by atoms with van der Waals surface area (Å²) in [7, 11) is 1.32. The van der Waals surface area contributed by atoms with Gasteiger partial charge in [0.25, 0.3) is 0 Å². The van der Waals surface area contributed by atoms with Crippen LogP contribution in [-0.2, 0) is 12.8 Å². The first kappa shape index (κ1) is 17.5. The molecule has 0 fully saturated rings. The normalized spacial score (nSPS) is 11.2.